The molecule has 0 N–H and O–H groups in total. The molecule has 0 fully saturated rings. The Hall–Kier alpha value is -0.400. The van der Waals surface area contributed by atoms with E-state index in [0.29, 0.717) is 6.42 Å². The van der Waals surface area contributed by atoms with E-state index < -0.39 is 6.08 Å². The highest BCUT2D eigenvalue weighted by molar-refractivity contribution is 4.79. The molecule has 0 aromatic heterocycles. The van der Waals surface area contributed by atoms with E-state index in [9.17, 15) is 8.78 Å². The summed E-state index contributed by atoms with van der Waals surface area (Å²) in [6.07, 6.45) is 14.0. The molecular formula is C15H28F2. The first-order chi connectivity index (χ1) is 8.27. The summed E-state index contributed by atoms with van der Waals surface area (Å²) in [6, 6.07) is 0. The molecule has 0 radical (unpaired) electrons. The number of rotatable bonds is 12. The van der Waals surface area contributed by atoms with Gasteiger partial charge in [-0.2, -0.15) is 8.78 Å². The second-order valence-corrected chi connectivity index (χ2v) is 4.82. The van der Waals surface area contributed by atoms with Gasteiger partial charge in [0.2, 0.25) is 0 Å². The zero-order valence-corrected chi connectivity index (χ0v) is 11.3. The van der Waals surface area contributed by atoms with E-state index >= 15 is 0 Å². The van der Waals surface area contributed by atoms with Crippen LogP contribution in [-0.2, 0) is 0 Å². The zero-order valence-electron chi connectivity index (χ0n) is 11.3. The third kappa shape index (κ3) is 15.6. The minimum absolute atomic E-state index is 0.541. The predicted octanol–water partition coefficient (Wildman–Crippen LogP) is 6.47. The van der Waals surface area contributed by atoms with Gasteiger partial charge in [0.15, 0.2) is 0 Å². The summed E-state index contributed by atoms with van der Waals surface area (Å²) in [6.45, 7) is 2.24. The van der Waals surface area contributed by atoms with Crippen molar-refractivity contribution in [1.29, 1.82) is 0 Å². The molecular weight excluding hydrogens is 218 g/mol. The Morgan fingerprint density at radius 1 is 0.706 bits per heavy atom. The van der Waals surface area contributed by atoms with Crippen molar-refractivity contribution in [2.24, 2.45) is 0 Å². The Bertz CT molecular complexity index is 172. The molecule has 0 bridgehead atoms. The molecule has 0 nitrogen and oxygen atoms in total. The maximum absolute atomic E-state index is 11.7. The lowest BCUT2D eigenvalue weighted by Crippen LogP contribution is -1.82. The largest absolute Gasteiger partial charge is 0.266 e. The molecule has 0 unspecified atom stereocenters. The maximum atomic E-state index is 11.7. The molecule has 0 aromatic carbocycles. The van der Waals surface area contributed by atoms with Crippen molar-refractivity contribution < 1.29 is 8.78 Å². The second-order valence-electron chi connectivity index (χ2n) is 4.82. The Kier molecular flexibility index (Phi) is 13.3. The molecule has 0 amide bonds. The van der Waals surface area contributed by atoms with Crippen LogP contribution in [0.2, 0.25) is 0 Å². The Balaban J connectivity index is 2.96. The van der Waals surface area contributed by atoms with Gasteiger partial charge in [0.25, 0.3) is 6.08 Å². The molecule has 0 aliphatic rings. The lowest BCUT2D eigenvalue weighted by Gasteiger charge is -2.01. The Labute approximate surface area is 105 Å². The van der Waals surface area contributed by atoms with Crippen molar-refractivity contribution in [2.75, 3.05) is 0 Å². The third-order valence-electron chi connectivity index (χ3n) is 3.11. The molecule has 0 aliphatic carbocycles. The molecule has 0 rings (SSSR count). The first kappa shape index (κ1) is 16.6. The molecule has 102 valence electrons. The first-order valence-electron chi connectivity index (χ1n) is 7.28. The van der Waals surface area contributed by atoms with Crippen LogP contribution in [0.15, 0.2) is 12.2 Å². The number of hydrogen-bond acceptors (Lipinski definition) is 0. The average Bonchev–Trinajstić information content (AvgIpc) is 2.30. The summed E-state index contributed by atoms with van der Waals surface area (Å²) in [4.78, 5) is 0. The molecule has 0 aromatic rings. The topological polar surface area (TPSA) is 0 Å². The highest BCUT2D eigenvalue weighted by Crippen LogP contribution is 2.12. The minimum Gasteiger partial charge on any atom is -0.174 e. The SMILES string of the molecule is CCCCCCCCCCCCCC=C(F)F. The second kappa shape index (κ2) is 13.7. The van der Waals surface area contributed by atoms with Gasteiger partial charge in [0.05, 0.1) is 0 Å². The summed E-state index contributed by atoms with van der Waals surface area (Å²) in [5.41, 5.74) is 0. The highest BCUT2D eigenvalue weighted by atomic mass is 19.3. The van der Waals surface area contributed by atoms with Gasteiger partial charge in [-0.15, -0.1) is 0 Å². The van der Waals surface area contributed by atoms with Crippen LogP contribution in [0.25, 0.3) is 0 Å². The van der Waals surface area contributed by atoms with Crippen LogP contribution in [-0.4, -0.2) is 0 Å². The summed E-state index contributed by atoms with van der Waals surface area (Å²) in [5, 5.41) is 0. The van der Waals surface area contributed by atoms with Gasteiger partial charge < -0.3 is 0 Å². The predicted molar refractivity (Wildman–Crippen MR) is 71.4 cm³/mol. The van der Waals surface area contributed by atoms with Gasteiger partial charge in [-0.25, -0.2) is 0 Å². The lowest BCUT2D eigenvalue weighted by atomic mass is 10.1. The van der Waals surface area contributed by atoms with Gasteiger partial charge in [0.1, 0.15) is 0 Å². The molecule has 17 heavy (non-hydrogen) atoms. The lowest BCUT2D eigenvalue weighted by molar-refractivity contribution is 0.416. The van der Waals surface area contributed by atoms with E-state index in [-0.39, 0.29) is 0 Å². The van der Waals surface area contributed by atoms with E-state index in [1.54, 1.807) is 0 Å². The van der Waals surface area contributed by atoms with Crippen molar-refractivity contribution in [3.63, 3.8) is 0 Å². The van der Waals surface area contributed by atoms with E-state index in [2.05, 4.69) is 6.92 Å². The van der Waals surface area contributed by atoms with Gasteiger partial charge in [-0.3, -0.25) is 0 Å². The van der Waals surface area contributed by atoms with Crippen LogP contribution in [0, 0.1) is 0 Å². The van der Waals surface area contributed by atoms with Crippen LogP contribution < -0.4 is 0 Å². The number of allylic oxidation sites excluding steroid dienone is 1. The fourth-order valence-corrected chi connectivity index (χ4v) is 2.02. The maximum Gasteiger partial charge on any atom is 0.266 e. The summed E-state index contributed by atoms with van der Waals surface area (Å²) >= 11 is 0. The zero-order chi connectivity index (χ0) is 12.8. The van der Waals surface area contributed by atoms with Crippen molar-refractivity contribution in [1.82, 2.24) is 0 Å². The Morgan fingerprint density at radius 2 is 1.12 bits per heavy atom. The number of hydrogen-bond donors (Lipinski definition) is 0. The normalized spacial score (nSPS) is 10.5. The van der Waals surface area contributed by atoms with Gasteiger partial charge >= 0.3 is 0 Å². The molecule has 0 saturated heterocycles. The molecule has 0 atom stereocenters. The van der Waals surface area contributed by atoms with E-state index in [0.717, 1.165) is 18.9 Å². The van der Waals surface area contributed by atoms with E-state index in [1.807, 2.05) is 0 Å². The van der Waals surface area contributed by atoms with E-state index in [1.165, 1.54) is 57.8 Å². The highest BCUT2D eigenvalue weighted by Gasteiger charge is 1.93. The van der Waals surface area contributed by atoms with Crippen molar-refractivity contribution in [3.05, 3.63) is 12.2 Å². The smallest absolute Gasteiger partial charge is 0.174 e. The Morgan fingerprint density at radius 3 is 1.53 bits per heavy atom. The summed E-state index contributed by atoms with van der Waals surface area (Å²) < 4.78 is 23.4. The molecule has 0 spiro atoms. The quantitative estimate of drug-likeness (QED) is 0.346. The van der Waals surface area contributed by atoms with Crippen molar-refractivity contribution in [3.8, 4) is 0 Å². The third-order valence-corrected chi connectivity index (χ3v) is 3.11. The van der Waals surface area contributed by atoms with Crippen LogP contribution in [0.4, 0.5) is 8.78 Å². The van der Waals surface area contributed by atoms with Crippen molar-refractivity contribution >= 4 is 0 Å². The standard InChI is InChI=1S/C15H28F2/c1-2-3-4-5-6-7-8-9-10-11-12-13-14-15(16)17/h14H,2-13H2,1H3. The monoisotopic (exact) mass is 246 g/mol. The van der Waals surface area contributed by atoms with Crippen molar-refractivity contribution in [2.45, 2.75) is 84.0 Å². The average molecular weight is 246 g/mol. The molecule has 0 aliphatic heterocycles. The fourth-order valence-electron chi connectivity index (χ4n) is 2.02. The fraction of sp³-hybridized carbons (Fsp3) is 0.867. The first-order valence-corrected chi connectivity index (χ1v) is 7.28. The van der Waals surface area contributed by atoms with Gasteiger partial charge in [-0.1, -0.05) is 71.1 Å². The van der Waals surface area contributed by atoms with Gasteiger partial charge in [-0.05, 0) is 18.9 Å². The molecule has 2 heteroatoms. The van der Waals surface area contributed by atoms with Crippen LogP contribution in [0.1, 0.15) is 84.0 Å². The number of halogens is 2. The van der Waals surface area contributed by atoms with Crippen LogP contribution in [0.5, 0.6) is 0 Å². The number of unbranched alkanes of at least 4 members (excludes halogenated alkanes) is 11. The summed E-state index contributed by atoms with van der Waals surface area (Å²) in [5.74, 6) is 0. The summed E-state index contributed by atoms with van der Waals surface area (Å²) in [7, 11) is 0. The van der Waals surface area contributed by atoms with E-state index in [4.69, 9.17) is 0 Å². The van der Waals surface area contributed by atoms with Gasteiger partial charge in [0, 0.05) is 0 Å². The molecule has 0 heterocycles. The van der Waals surface area contributed by atoms with Crippen LogP contribution >= 0.6 is 0 Å². The van der Waals surface area contributed by atoms with Crippen LogP contribution in [0.3, 0.4) is 0 Å². The minimum atomic E-state index is -1.53. The molecule has 0 saturated carbocycles.